The van der Waals surface area contributed by atoms with Crippen LogP contribution in [-0.2, 0) is 16.1 Å². The van der Waals surface area contributed by atoms with Gasteiger partial charge >= 0.3 is 0 Å². The van der Waals surface area contributed by atoms with Crippen molar-refractivity contribution in [2.75, 3.05) is 26.2 Å². The van der Waals surface area contributed by atoms with Gasteiger partial charge in [-0.25, -0.2) is 0 Å². The minimum absolute atomic E-state index is 0.116. The molecule has 1 aromatic rings. The van der Waals surface area contributed by atoms with Crippen molar-refractivity contribution in [1.82, 2.24) is 9.47 Å². The lowest BCUT2D eigenvalue weighted by molar-refractivity contribution is -0.129. The first-order valence-corrected chi connectivity index (χ1v) is 6.75. The monoisotopic (exact) mass is 262 g/mol. The molecule has 19 heavy (non-hydrogen) atoms. The number of ether oxygens (including phenoxy) is 1. The quantitative estimate of drug-likeness (QED) is 0.583. The molecule has 0 N–H and O–H groups in total. The first-order valence-electron chi connectivity index (χ1n) is 6.75. The van der Waals surface area contributed by atoms with Crippen LogP contribution in [0.5, 0.6) is 0 Å². The molecule has 102 valence electrons. The zero-order valence-corrected chi connectivity index (χ0v) is 10.8. The molecule has 3 heterocycles. The Kier molecular flexibility index (Phi) is 3.38. The van der Waals surface area contributed by atoms with Crippen LogP contribution in [0.3, 0.4) is 0 Å². The summed E-state index contributed by atoms with van der Waals surface area (Å²) in [7, 11) is 0. The highest BCUT2D eigenvalue weighted by Gasteiger charge is 2.34. The molecule has 3 rings (SSSR count). The van der Waals surface area contributed by atoms with E-state index in [1.807, 2.05) is 10.6 Å². The van der Waals surface area contributed by atoms with E-state index in [-0.39, 0.29) is 5.56 Å². The molecule has 0 aliphatic carbocycles. The van der Waals surface area contributed by atoms with Crippen molar-refractivity contribution in [2.24, 2.45) is 5.92 Å². The average Bonchev–Trinajstić information content (AvgIpc) is 2.40. The fourth-order valence-electron chi connectivity index (χ4n) is 3.41. The van der Waals surface area contributed by atoms with Crippen molar-refractivity contribution in [3.05, 3.63) is 34.2 Å². The molecule has 2 atom stereocenters. The molecule has 0 spiro atoms. The fraction of sp³-hybridized carbons (Fsp3) is 0.571. The Morgan fingerprint density at radius 1 is 1.32 bits per heavy atom. The van der Waals surface area contributed by atoms with Crippen molar-refractivity contribution in [3.8, 4) is 0 Å². The van der Waals surface area contributed by atoms with Crippen LogP contribution in [0.25, 0.3) is 0 Å². The predicted octanol–water partition coefficient (Wildman–Crippen LogP) is 0.440. The molecular weight excluding hydrogens is 244 g/mol. The molecule has 2 bridgehead atoms. The van der Waals surface area contributed by atoms with Crippen LogP contribution < -0.4 is 5.56 Å². The summed E-state index contributed by atoms with van der Waals surface area (Å²) in [5.74, 6) is 0.959. The normalized spacial score (nSPS) is 25.7. The smallest absolute Gasteiger partial charge is 0.293 e. The van der Waals surface area contributed by atoms with E-state index < -0.39 is 0 Å². The van der Waals surface area contributed by atoms with Gasteiger partial charge in [0.2, 0.25) is 0 Å². The first kappa shape index (κ1) is 12.4. The van der Waals surface area contributed by atoms with Crippen LogP contribution >= 0.6 is 0 Å². The largest absolute Gasteiger partial charge is 0.467 e. The molecule has 2 unspecified atom stereocenters. The topological polar surface area (TPSA) is 51.5 Å². The lowest BCUT2D eigenvalue weighted by Gasteiger charge is -2.42. The predicted molar refractivity (Wildman–Crippen MR) is 70.0 cm³/mol. The maximum atomic E-state index is 11.9. The molecule has 0 saturated carbocycles. The number of hydrogen-bond donors (Lipinski definition) is 0. The Morgan fingerprint density at radius 2 is 2.21 bits per heavy atom. The van der Waals surface area contributed by atoms with Crippen molar-refractivity contribution in [3.63, 3.8) is 0 Å². The Bertz CT molecular complexity index is 526. The van der Waals surface area contributed by atoms with Crippen LogP contribution in [0.1, 0.15) is 18.0 Å². The number of piperidine rings is 1. The molecule has 0 aromatic carbocycles. The molecule has 2 aliphatic rings. The number of hydrogen-bond acceptors (Lipinski definition) is 4. The number of pyridine rings is 1. The van der Waals surface area contributed by atoms with Crippen molar-refractivity contribution in [1.29, 1.82) is 0 Å². The summed E-state index contributed by atoms with van der Waals surface area (Å²) in [6.45, 7) is 4.48. The van der Waals surface area contributed by atoms with Gasteiger partial charge < -0.3 is 9.30 Å². The highest BCUT2D eigenvalue weighted by molar-refractivity contribution is 5.36. The van der Waals surface area contributed by atoms with Crippen LogP contribution in [0.4, 0.5) is 0 Å². The molecular formula is C14H18N2O3. The van der Waals surface area contributed by atoms with Gasteiger partial charge in [0.15, 0.2) is 0 Å². The minimum Gasteiger partial charge on any atom is -0.467 e. The summed E-state index contributed by atoms with van der Waals surface area (Å²) in [4.78, 5) is 24.4. The fourth-order valence-corrected chi connectivity index (χ4v) is 3.41. The highest BCUT2D eigenvalue weighted by atomic mass is 16.5. The Hall–Kier alpha value is -1.62. The number of carbonyl (C=O) groups is 1. The molecule has 1 saturated heterocycles. The Morgan fingerprint density at radius 3 is 3.05 bits per heavy atom. The summed E-state index contributed by atoms with van der Waals surface area (Å²) in [5.41, 5.74) is 1.27. The van der Waals surface area contributed by atoms with Gasteiger partial charge in [0, 0.05) is 43.9 Å². The maximum Gasteiger partial charge on any atom is 0.293 e. The van der Waals surface area contributed by atoms with Gasteiger partial charge in [-0.3, -0.25) is 14.5 Å². The van der Waals surface area contributed by atoms with E-state index in [1.165, 1.54) is 0 Å². The van der Waals surface area contributed by atoms with Crippen LogP contribution in [-0.4, -0.2) is 42.2 Å². The summed E-state index contributed by atoms with van der Waals surface area (Å²) in [6, 6.07) is 5.55. The Balaban J connectivity index is 1.76. The second kappa shape index (κ2) is 5.17. The number of carbonyl (C=O) groups excluding carboxylic acids is 1. The van der Waals surface area contributed by atoms with E-state index in [4.69, 9.17) is 4.74 Å². The van der Waals surface area contributed by atoms with Crippen LogP contribution in [0.15, 0.2) is 23.0 Å². The van der Waals surface area contributed by atoms with Crippen molar-refractivity contribution in [2.45, 2.75) is 18.9 Å². The summed E-state index contributed by atoms with van der Waals surface area (Å²) >= 11 is 0. The van der Waals surface area contributed by atoms with Crippen LogP contribution in [0, 0.1) is 5.92 Å². The number of nitrogens with zero attached hydrogens (tertiary/aromatic N) is 2. The molecule has 1 fully saturated rings. The average molecular weight is 262 g/mol. The molecule has 1 aromatic heterocycles. The minimum atomic E-state index is 0.116. The van der Waals surface area contributed by atoms with E-state index in [2.05, 4.69) is 11.0 Å². The number of likely N-dealkylation sites (tertiary alicyclic amines) is 1. The van der Waals surface area contributed by atoms with E-state index >= 15 is 0 Å². The lowest BCUT2D eigenvalue weighted by atomic mass is 9.83. The van der Waals surface area contributed by atoms with Gasteiger partial charge in [0.1, 0.15) is 6.61 Å². The maximum absolute atomic E-state index is 11.9. The lowest BCUT2D eigenvalue weighted by Crippen LogP contribution is -2.47. The van der Waals surface area contributed by atoms with Gasteiger partial charge in [0.05, 0.1) is 0 Å². The van der Waals surface area contributed by atoms with Gasteiger partial charge in [-0.2, -0.15) is 0 Å². The molecule has 0 amide bonds. The number of fused-ring (bicyclic) bond motifs is 4. The third kappa shape index (κ3) is 2.42. The van der Waals surface area contributed by atoms with Gasteiger partial charge in [0.25, 0.3) is 12.0 Å². The van der Waals surface area contributed by atoms with Crippen LogP contribution in [0.2, 0.25) is 0 Å². The molecule has 0 radical (unpaired) electrons. The number of rotatable bonds is 4. The number of aromatic nitrogens is 1. The Labute approximate surface area is 111 Å². The van der Waals surface area contributed by atoms with Gasteiger partial charge in [-0.05, 0) is 18.4 Å². The second-order valence-electron chi connectivity index (χ2n) is 5.42. The zero-order chi connectivity index (χ0) is 13.2. The third-order valence-electron chi connectivity index (χ3n) is 4.15. The van der Waals surface area contributed by atoms with E-state index in [0.29, 0.717) is 24.9 Å². The summed E-state index contributed by atoms with van der Waals surface area (Å²) in [6.07, 6.45) is 1.16. The highest BCUT2D eigenvalue weighted by Crippen LogP contribution is 2.34. The second-order valence-corrected chi connectivity index (χ2v) is 5.42. The SMILES string of the molecule is O=COCCN1CC2CC(C1)c1cccc(=O)n1C2. The first-order chi connectivity index (χ1) is 9.28. The summed E-state index contributed by atoms with van der Waals surface area (Å²) < 4.78 is 6.70. The van der Waals surface area contributed by atoms with E-state index in [0.717, 1.165) is 38.3 Å². The molecule has 5 heteroatoms. The van der Waals surface area contributed by atoms with E-state index in [9.17, 15) is 9.59 Å². The van der Waals surface area contributed by atoms with Crippen molar-refractivity contribution < 1.29 is 9.53 Å². The third-order valence-corrected chi connectivity index (χ3v) is 4.15. The molecule has 5 nitrogen and oxygen atoms in total. The van der Waals surface area contributed by atoms with E-state index in [1.54, 1.807) is 6.07 Å². The summed E-state index contributed by atoms with van der Waals surface area (Å²) in [5, 5.41) is 0. The van der Waals surface area contributed by atoms with Crippen molar-refractivity contribution >= 4 is 6.47 Å². The molecule has 2 aliphatic heterocycles. The van der Waals surface area contributed by atoms with Gasteiger partial charge in [-0.15, -0.1) is 0 Å². The standard InChI is InChI=1S/C14H18N2O3/c17-10-19-5-4-15-7-11-6-12(9-15)13-2-1-3-14(18)16(13)8-11/h1-3,10-12H,4-9H2. The zero-order valence-electron chi connectivity index (χ0n) is 10.8. The van der Waals surface area contributed by atoms with Gasteiger partial charge in [-0.1, -0.05) is 6.07 Å².